The zero-order valence-electron chi connectivity index (χ0n) is 11.2. The molecule has 1 aliphatic rings. The molecule has 7 nitrogen and oxygen atoms in total. The van der Waals surface area contributed by atoms with Gasteiger partial charge in [-0.15, -0.1) is 10.2 Å². The van der Waals surface area contributed by atoms with E-state index in [1.54, 1.807) is 18.3 Å². The van der Waals surface area contributed by atoms with Crippen molar-refractivity contribution in [2.24, 2.45) is 10.2 Å². The van der Waals surface area contributed by atoms with E-state index in [4.69, 9.17) is 0 Å². The lowest BCUT2D eigenvalue weighted by molar-refractivity contribution is -0.384. The molecule has 1 aromatic heterocycles. The number of hydrogen-bond donors (Lipinski definition) is 0. The van der Waals surface area contributed by atoms with Gasteiger partial charge in [-0.2, -0.15) is 0 Å². The Bertz CT molecular complexity index is 661. The van der Waals surface area contributed by atoms with Crippen molar-refractivity contribution < 1.29 is 4.92 Å². The SMILES string of the molecule is O=[N+]([O-])c1ccc(N=Nc2cnc(N3CCCC3)s2)cc1. The van der Waals surface area contributed by atoms with Crippen molar-refractivity contribution in [3.8, 4) is 0 Å². The third-order valence-electron chi connectivity index (χ3n) is 3.18. The fourth-order valence-electron chi connectivity index (χ4n) is 2.11. The molecule has 2 aromatic rings. The second-order valence-corrected chi connectivity index (χ2v) is 5.64. The van der Waals surface area contributed by atoms with E-state index in [9.17, 15) is 10.1 Å². The number of hydrogen-bond acceptors (Lipinski definition) is 7. The minimum absolute atomic E-state index is 0.0445. The van der Waals surface area contributed by atoms with Gasteiger partial charge in [-0.3, -0.25) is 10.1 Å². The number of benzene rings is 1. The molecule has 3 rings (SSSR count). The largest absolute Gasteiger partial charge is 0.348 e. The molecule has 1 aliphatic heterocycles. The van der Waals surface area contributed by atoms with Gasteiger partial charge in [0.2, 0.25) is 0 Å². The number of nitro groups is 1. The Hall–Kier alpha value is -2.35. The van der Waals surface area contributed by atoms with Gasteiger partial charge in [0.15, 0.2) is 10.1 Å². The lowest BCUT2D eigenvalue weighted by Gasteiger charge is -2.11. The first-order valence-electron chi connectivity index (χ1n) is 6.59. The average Bonchev–Trinajstić information content (AvgIpc) is 3.16. The topological polar surface area (TPSA) is 84.0 Å². The van der Waals surface area contributed by atoms with Gasteiger partial charge >= 0.3 is 0 Å². The molecule has 0 atom stereocenters. The molecule has 0 bridgehead atoms. The Morgan fingerprint density at radius 1 is 1.19 bits per heavy atom. The normalized spacial score (nSPS) is 15.0. The van der Waals surface area contributed by atoms with Crippen LogP contribution in [0.1, 0.15) is 12.8 Å². The maximum atomic E-state index is 10.6. The van der Waals surface area contributed by atoms with Crippen LogP contribution in [-0.2, 0) is 0 Å². The summed E-state index contributed by atoms with van der Waals surface area (Å²) in [6.45, 7) is 2.10. The van der Waals surface area contributed by atoms with Gasteiger partial charge in [0.1, 0.15) is 0 Å². The highest BCUT2D eigenvalue weighted by molar-refractivity contribution is 7.19. The molecule has 1 saturated heterocycles. The quantitative estimate of drug-likeness (QED) is 0.484. The molecule has 0 aliphatic carbocycles. The van der Waals surface area contributed by atoms with Crippen LogP contribution in [0.2, 0.25) is 0 Å². The summed E-state index contributed by atoms with van der Waals surface area (Å²) >= 11 is 1.50. The van der Waals surface area contributed by atoms with E-state index in [0.29, 0.717) is 5.69 Å². The van der Waals surface area contributed by atoms with Gasteiger partial charge in [-0.05, 0) is 25.0 Å². The average molecular weight is 303 g/mol. The second kappa shape index (κ2) is 5.96. The first kappa shape index (κ1) is 13.6. The minimum Gasteiger partial charge on any atom is -0.348 e. The van der Waals surface area contributed by atoms with E-state index >= 15 is 0 Å². The summed E-state index contributed by atoms with van der Waals surface area (Å²) in [6.07, 6.45) is 4.12. The van der Waals surface area contributed by atoms with Crippen LogP contribution in [0.5, 0.6) is 0 Å². The molecule has 1 fully saturated rings. The Morgan fingerprint density at radius 3 is 2.57 bits per heavy atom. The number of non-ortho nitro benzene ring substituents is 1. The van der Waals surface area contributed by atoms with Crippen LogP contribution in [0.15, 0.2) is 40.7 Å². The Morgan fingerprint density at radius 2 is 1.90 bits per heavy atom. The molecule has 0 amide bonds. The fourth-order valence-corrected chi connectivity index (χ4v) is 2.90. The summed E-state index contributed by atoms with van der Waals surface area (Å²) in [5.74, 6) is 0. The van der Waals surface area contributed by atoms with E-state index in [-0.39, 0.29) is 5.69 Å². The van der Waals surface area contributed by atoms with Gasteiger partial charge < -0.3 is 4.90 Å². The van der Waals surface area contributed by atoms with Crippen LogP contribution in [0.4, 0.5) is 21.5 Å². The summed E-state index contributed by atoms with van der Waals surface area (Å²) in [4.78, 5) is 16.7. The van der Waals surface area contributed by atoms with E-state index in [1.165, 1.54) is 36.3 Å². The van der Waals surface area contributed by atoms with Crippen molar-refractivity contribution in [1.82, 2.24) is 4.98 Å². The molecule has 1 aromatic carbocycles. The summed E-state index contributed by atoms with van der Waals surface area (Å²) in [5, 5.41) is 20.5. The van der Waals surface area contributed by atoms with Gasteiger partial charge in [-0.25, -0.2) is 4.98 Å². The van der Waals surface area contributed by atoms with Gasteiger partial charge in [0.25, 0.3) is 5.69 Å². The molecular weight excluding hydrogens is 290 g/mol. The molecular formula is C13H13N5O2S. The van der Waals surface area contributed by atoms with Crippen molar-refractivity contribution in [3.05, 3.63) is 40.6 Å². The summed E-state index contributed by atoms with van der Waals surface area (Å²) in [6, 6.07) is 5.97. The number of nitrogens with zero attached hydrogens (tertiary/aromatic N) is 5. The molecule has 21 heavy (non-hydrogen) atoms. The Kier molecular flexibility index (Phi) is 3.87. The lowest BCUT2D eigenvalue weighted by atomic mass is 10.3. The van der Waals surface area contributed by atoms with E-state index in [0.717, 1.165) is 23.2 Å². The van der Waals surface area contributed by atoms with Crippen molar-refractivity contribution in [3.63, 3.8) is 0 Å². The number of azo groups is 1. The van der Waals surface area contributed by atoms with Crippen molar-refractivity contribution in [1.29, 1.82) is 0 Å². The molecule has 8 heteroatoms. The molecule has 0 spiro atoms. The predicted octanol–water partition coefficient (Wildman–Crippen LogP) is 4.07. The lowest BCUT2D eigenvalue weighted by Crippen LogP contribution is -2.16. The summed E-state index contributed by atoms with van der Waals surface area (Å²) in [5.41, 5.74) is 0.625. The van der Waals surface area contributed by atoms with E-state index < -0.39 is 4.92 Å². The third kappa shape index (κ3) is 3.22. The smallest absolute Gasteiger partial charge is 0.269 e. The van der Waals surface area contributed by atoms with Crippen molar-refractivity contribution in [2.45, 2.75) is 12.8 Å². The van der Waals surface area contributed by atoms with E-state index in [1.807, 2.05) is 0 Å². The third-order valence-corrected chi connectivity index (χ3v) is 4.12. The molecule has 2 heterocycles. The van der Waals surface area contributed by atoms with Crippen LogP contribution in [0, 0.1) is 10.1 Å². The Balaban J connectivity index is 1.69. The van der Waals surface area contributed by atoms with Crippen molar-refractivity contribution in [2.75, 3.05) is 18.0 Å². The zero-order chi connectivity index (χ0) is 14.7. The number of aromatic nitrogens is 1. The zero-order valence-corrected chi connectivity index (χ0v) is 12.0. The summed E-state index contributed by atoms with van der Waals surface area (Å²) in [7, 11) is 0. The maximum Gasteiger partial charge on any atom is 0.269 e. The first-order valence-corrected chi connectivity index (χ1v) is 7.41. The fraction of sp³-hybridized carbons (Fsp3) is 0.308. The monoisotopic (exact) mass is 303 g/mol. The predicted molar refractivity (Wildman–Crippen MR) is 80.8 cm³/mol. The van der Waals surface area contributed by atoms with Crippen LogP contribution in [0.3, 0.4) is 0 Å². The minimum atomic E-state index is -0.438. The number of nitro benzene ring substituents is 1. The van der Waals surface area contributed by atoms with Gasteiger partial charge in [0.05, 0.1) is 16.8 Å². The van der Waals surface area contributed by atoms with Gasteiger partial charge in [0, 0.05) is 25.2 Å². The Labute approximate surface area is 125 Å². The highest BCUT2D eigenvalue weighted by Gasteiger charge is 2.15. The molecule has 108 valence electrons. The van der Waals surface area contributed by atoms with Crippen molar-refractivity contribution >= 4 is 32.8 Å². The standard InChI is InChI=1S/C13H13N5O2S/c19-18(20)11-5-3-10(4-6-11)15-16-12-9-14-13(21-12)17-7-1-2-8-17/h3-6,9H,1-2,7-8H2. The molecule has 0 saturated carbocycles. The maximum absolute atomic E-state index is 10.6. The van der Waals surface area contributed by atoms with Crippen LogP contribution >= 0.6 is 11.3 Å². The second-order valence-electron chi connectivity index (χ2n) is 4.65. The van der Waals surface area contributed by atoms with E-state index in [2.05, 4.69) is 20.1 Å². The first-order chi connectivity index (χ1) is 10.2. The number of thiazole rings is 1. The summed E-state index contributed by atoms with van der Waals surface area (Å²) < 4.78 is 0. The molecule has 0 N–H and O–H groups in total. The van der Waals surface area contributed by atoms with Crippen LogP contribution in [-0.4, -0.2) is 23.0 Å². The highest BCUT2D eigenvalue weighted by Crippen LogP contribution is 2.32. The van der Waals surface area contributed by atoms with Crippen LogP contribution < -0.4 is 4.90 Å². The number of rotatable bonds is 4. The molecule has 0 unspecified atom stereocenters. The highest BCUT2D eigenvalue weighted by atomic mass is 32.1. The number of anilines is 1. The molecule has 0 radical (unpaired) electrons. The van der Waals surface area contributed by atoms with Gasteiger partial charge in [-0.1, -0.05) is 11.3 Å². The van der Waals surface area contributed by atoms with Crippen LogP contribution in [0.25, 0.3) is 0 Å².